The molecule has 0 aliphatic heterocycles. The van der Waals surface area contributed by atoms with Crippen LogP contribution in [0.3, 0.4) is 0 Å². The van der Waals surface area contributed by atoms with Crippen molar-refractivity contribution in [3.05, 3.63) is 48.0 Å². The lowest BCUT2D eigenvalue weighted by Crippen LogP contribution is -2.38. The Morgan fingerprint density at radius 2 is 2.06 bits per heavy atom. The number of rotatable bonds is 5. The Labute approximate surface area is 103 Å². The average Bonchev–Trinajstić information content (AvgIpc) is 2.39. The van der Waals surface area contributed by atoms with E-state index in [2.05, 4.69) is 0 Å². The highest BCUT2D eigenvalue weighted by molar-refractivity contribution is 5.78. The molecule has 0 saturated heterocycles. The Kier molecular flexibility index (Phi) is 5.43. The van der Waals surface area contributed by atoms with Gasteiger partial charge >= 0.3 is 0 Å². The summed E-state index contributed by atoms with van der Waals surface area (Å²) in [5.41, 5.74) is 6.57. The summed E-state index contributed by atoms with van der Waals surface area (Å²) in [6.07, 6.45) is 3.90. The molecular formula is C14H20N2O. The van der Waals surface area contributed by atoms with Crippen LogP contribution in [0.15, 0.2) is 42.5 Å². The lowest BCUT2D eigenvalue weighted by atomic mass is 10.1. The molecule has 1 aromatic rings. The van der Waals surface area contributed by atoms with Gasteiger partial charge in [-0.25, -0.2) is 0 Å². The summed E-state index contributed by atoms with van der Waals surface area (Å²) in [5.74, 6) is -0.0283. The highest BCUT2D eigenvalue weighted by atomic mass is 16.2. The van der Waals surface area contributed by atoms with Gasteiger partial charge in [0.2, 0.25) is 5.91 Å². The molecule has 0 aliphatic rings. The lowest BCUT2D eigenvalue weighted by molar-refractivity contribution is -0.131. The minimum Gasteiger partial charge on any atom is -0.331 e. The van der Waals surface area contributed by atoms with Gasteiger partial charge in [-0.15, -0.1) is 0 Å². The van der Waals surface area contributed by atoms with Gasteiger partial charge in [0.15, 0.2) is 0 Å². The van der Waals surface area contributed by atoms with Gasteiger partial charge in [-0.1, -0.05) is 42.5 Å². The SMILES string of the molecule is C/C=C\CN(C(=O)CN)[C@H](C)c1ccccc1. The fraction of sp³-hybridized carbons (Fsp3) is 0.357. The van der Waals surface area contributed by atoms with Gasteiger partial charge in [-0.2, -0.15) is 0 Å². The Morgan fingerprint density at radius 3 is 2.59 bits per heavy atom. The fourth-order valence-corrected chi connectivity index (χ4v) is 1.72. The molecule has 0 fully saturated rings. The largest absolute Gasteiger partial charge is 0.331 e. The van der Waals surface area contributed by atoms with Crippen molar-refractivity contribution in [1.82, 2.24) is 4.90 Å². The first-order chi connectivity index (χ1) is 8.20. The molecule has 0 bridgehead atoms. The first-order valence-electron chi connectivity index (χ1n) is 5.86. The van der Waals surface area contributed by atoms with Crippen molar-refractivity contribution in [1.29, 1.82) is 0 Å². The maximum absolute atomic E-state index is 11.8. The van der Waals surface area contributed by atoms with Crippen LogP contribution in [0.1, 0.15) is 25.5 Å². The zero-order valence-corrected chi connectivity index (χ0v) is 10.5. The molecule has 17 heavy (non-hydrogen) atoms. The maximum Gasteiger partial charge on any atom is 0.237 e. The number of hydrogen-bond acceptors (Lipinski definition) is 2. The molecule has 1 rings (SSSR count). The van der Waals surface area contributed by atoms with E-state index in [-0.39, 0.29) is 18.5 Å². The molecular weight excluding hydrogens is 212 g/mol. The molecule has 1 atom stereocenters. The van der Waals surface area contributed by atoms with E-state index < -0.39 is 0 Å². The second-order valence-electron chi connectivity index (χ2n) is 3.91. The third kappa shape index (κ3) is 3.71. The minimum atomic E-state index is -0.0283. The summed E-state index contributed by atoms with van der Waals surface area (Å²) in [6.45, 7) is 4.61. The third-order valence-electron chi connectivity index (χ3n) is 2.78. The Hall–Kier alpha value is -1.61. The number of carbonyl (C=O) groups excluding carboxylic acids is 1. The van der Waals surface area contributed by atoms with E-state index in [1.807, 2.05) is 56.3 Å². The number of allylic oxidation sites excluding steroid dienone is 1. The second kappa shape index (κ2) is 6.86. The highest BCUT2D eigenvalue weighted by Gasteiger charge is 2.18. The van der Waals surface area contributed by atoms with Crippen molar-refractivity contribution < 1.29 is 4.79 Å². The van der Waals surface area contributed by atoms with Crippen molar-refractivity contribution in [2.75, 3.05) is 13.1 Å². The van der Waals surface area contributed by atoms with E-state index in [1.54, 1.807) is 4.90 Å². The van der Waals surface area contributed by atoms with Crippen LogP contribution in [0.2, 0.25) is 0 Å². The molecule has 3 heteroatoms. The number of carbonyl (C=O) groups is 1. The molecule has 0 heterocycles. The standard InChI is InChI=1S/C14H20N2O/c1-3-4-10-16(14(17)11-15)12(2)13-8-6-5-7-9-13/h3-9,12H,10-11,15H2,1-2H3/b4-3-/t12-/m1/s1. The van der Waals surface area contributed by atoms with E-state index in [1.165, 1.54) is 0 Å². The summed E-state index contributed by atoms with van der Waals surface area (Å²) in [6, 6.07) is 10.0. The van der Waals surface area contributed by atoms with Gasteiger partial charge in [-0.3, -0.25) is 4.79 Å². The predicted molar refractivity (Wildman–Crippen MR) is 70.4 cm³/mol. The topological polar surface area (TPSA) is 46.3 Å². The maximum atomic E-state index is 11.8. The van der Waals surface area contributed by atoms with Crippen LogP contribution < -0.4 is 5.73 Å². The zero-order valence-electron chi connectivity index (χ0n) is 10.5. The van der Waals surface area contributed by atoms with Gasteiger partial charge in [0.1, 0.15) is 0 Å². The van der Waals surface area contributed by atoms with E-state index in [0.29, 0.717) is 6.54 Å². The lowest BCUT2D eigenvalue weighted by Gasteiger charge is -2.28. The van der Waals surface area contributed by atoms with Crippen molar-refractivity contribution in [2.45, 2.75) is 19.9 Å². The molecule has 0 saturated carbocycles. The second-order valence-corrected chi connectivity index (χ2v) is 3.91. The van der Waals surface area contributed by atoms with Gasteiger partial charge < -0.3 is 10.6 Å². The van der Waals surface area contributed by atoms with Crippen molar-refractivity contribution in [3.8, 4) is 0 Å². The first-order valence-corrected chi connectivity index (χ1v) is 5.86. The Bertz CT molecular complexity index is 373. The molecule has 0 aliphatic carbocycles. The smallest absolute Gasteiger partial charge is 0.237 e. The number of nitrogens with zero attached hydrogens (tertiary/aromatic N) is 1. The average molecular weight is 232 g/mol. The Balaban J connectivity index is 2.86. The van der Waals surface area contributed by atoms with Crippen LogP contribution in [-0.4, -0.2) is 23.9 Å². The van der Waals surface area contributed by atoms with Crippen molar-refractivity contribution >= 4 is 5.91 Å². The van der Waals surface area contributed by atoms with Gasteiger partial charge in [0.25, 0.3) is 0 Å². The van der Waals surface area contributed by atoms with E-state index >= 15 is 0 Å². The summed E-state index contributed by atoms with van der Waals surface area (Å²) in [5, 5.41) is 0. The van der Waals surface area contributed by atoms with Crippen LogP contribution in [-0.2, 0) is 4.79 Å². The number of amides is 1. The van der Waals surface area contributed by atoms with E-state index in [9.17, 15) is 4.79 Å². The normalized spacial score (nSPS) is 12.6. The highest BCUT2D eigenvalue weighted by Crippen LogP contribution is 2.19. The first kappa shape index (κ1) is 13.5. The number of hydrogen-bond donors (Lipinski definition) is 1. The molecule has 3 nitrogen and oxygen atoms in total. The molecule has 92 valence electrons. The predicted octanol–water partition coefficient (Wildman–Crippen LogP) is 2.11. The molecule has 0 spiro atoms. The van der Waals surface area contributed by atoms with Gasteiger partial charge in [0.05, 0.1) is 12.6 Å². The third-order valence-corrected chi connectivity index (χ3v) is 2.78. The van der Waals surface area contributed by atoms with Crippen LogP contribution in [0, 0.1) is 0 Å². The molecule has 0 radical (unpaired) electrons. The fourth-order valence-electron chi connectivity index (χ4n) is 1.72. The summed E-state index contributed by atoms with van der Waals surface area (Å²) in [7, 11) is 0. The minimum absolute atomic E-state index is 0.0283. The van der Waals surface area contributed by atoms with Crippen LogP contribution >= 0.6 is 0 Å². The quantitative estimate of drug-likeness (QED) is 0.790. The van der Waals surface area contributed by atoms with Crippen LogP contribution in [0.5, 0.6) is 0 Å². The van der Waals surface area contributed by atoms with Gasteiger partial charge in [0, 0.05) is 6.54 Å². The van der Waals surface area contributed by atoms with Crippen LogP contribution in [0.4, 0.5) is 0 Å². The summed E-state index contributed by atoms with van der Waals surface area (Å²) in [4.78, 5) is 13.6. The molecule has 1 aromatic carbocycles. The molecule has 0 aromatic heterocycles. The monoisotopic (exact) mass is 232 g/mol. The molecule has 1 amide bonds. The zero-order chi connectivity index (χ0) is 12.7. The summed E-state index contributed by atoms with van der Waals surface area (Å²) >= 11 is 0. The van der Waals surface area contributed by atoms with Crippen LogP contribution in [0.25, 0.3) is 0 Å². The van der Waals surface area contributed by atoms with E-state index in [4.69, 9.17) is 5.73 Å². The summed E-state index contributed by atoms with van der Waals surface area (Å²) < 4.78 is 0. The van der Waals surface area contributed by atoms with Crippen molar-refractivity contribution in [2.24, 2.45) is 5.73 Å². The van der Waals surface area contributed by atoms with Gasteiger partial charge in [-0.05, 0) is 19.4 Å². The Morgan fingerprint density at radius 1 is 1.41 bits per heavy atom. The van der Waals surface area contributed by atoms with E-state index in [0.717, 1.165) is 5.56 Å². The number of benzene rings is 1. The molecule has 2 N–H and O–H groups in total. The number of nitrogens with two attached hydrogens (primary N) is 1. The molecule has 0 unspecified atom stereocenters. The van der Waals surface area contributed by atoms with Crippen molar-refractivity contribution in [3.63, 3.8) is 0 Å².